The maximum absolute atomic E-state index is 6.11. The van der Waals surface area contributed by atoms with Crippen LogP contribution < -0.4 is 10.6 Å². The van der Waals surface area contributed by atoms with Crippen LogP contribution in [0.5, 0.6) is 0 Å². The molecule has 35 heavy (non-hydrogen) atoms. The average molecular weight is 498 g/mol. The lowest BCUT2D eigenvalue weighted by Gasteiger charge is -2.39. The van der Waals surface area contributed by atoms with Crippen LogP contribution in [-0.2, 0) is 29.5 Å². The number of nitrogens with zero attached hydrogens (tertiary/aromatic N) is 5. The number of nitrogens with one attached hydrogen (secondary N) is 2. The van der Waals surface area contributed by atoms with Gasteiger partial charge in [0.15, 0.2) is 0 Å². The van der Waals surface area contributed by atoms with Gasteiger partial charge in [-0.05, 0) is 45.1 Å². The summed E-state index contributed by atoms with van der Waals surface area (Å²) in [4.78, 5) is 14.8. The summed E-state index contributed by atoms with van der Waals surface area (Å²) in [5.41, 5.74) is 2.05. The Morgan fingerprint density at radius 2 is 1.91 bits per heavy atom. The largest absolute Gasteiger partial charge is 0.379 e. The molecule has 0 aromatic carbocycles. The van der Waals surface area contributed by atoms with Crippen molar-refractivity contribution in [1.82, 2.24) is 24.6 Å². The first-order chi connectivity index (χ1) is 16.9. The second-order valence-electron chi connectivity index (χ2n) is 10.6. The van der Waals surface area contributed by atoms with Gasteiger partial charge in [-0.25, -0.2) is 4.98 Å². The summed E-state index contributed by atoms with van der Waals surface area (Å²) in [5, 5.41) is 12.6. The molecule has 10 heteroatoms. The number of morpholine rings is 1. The van der Waals surface area contributed by atoms with Crippen LogP contribution in [0, 0.1) is 0 Å². The van der Waals surface area contributed by atoms with Crippen LogP contribution in [0.3, 0.4) is 0 Å². The van der Waals surface area contributed by atoms with Gasteiger partial charge in [0.2, 0.25) is 5.95 Å². The molecule has 3 aromatic heterocycles. The van der Waals surface area contributed by atoms with Crippen LogP contribution in [0.2, 0.25) is 0 Å². The summed E-state index contributed by atoms with van der Waals surface area (Å²) in [6.07, 6.45) is 9.34. The average Bonchev–Trinajstić information content (AvgIpc) is 3.42. The number of hydrogen-bond acceptors (Lipinski definition) is 9. The van der Waals surface area contributed by atoms with Gasteiger partial charge >= 0.3 is 0 Å². The first-order valence-electron chi connectivity index (χ1n) is 12.7. The molecule has 0 radical (unpaired) electrons. The number of rotatable bonds is 5. The molecular weight excluding hydrogens is 462 g/mol. The zero-order chi connectivity index (χ0) is 24.0. The number of aryl methyl sites for hydroxylation is 1. The monoisotopic (exact) mass is 497 g/mol. The summed E-state index contributed by atoms with van der Waals surface area (Å²) in [6.45, 7) is 8.84. The van der Waals surface area contributed by atoms with E-state index >= 15 is 0 Å². The second kappa shape index (κ2) is 9.31. The minimum Gasteiger partial charge on any atom is -0.379 e. The molecule has 1 saturated carbocycles. The van der Waals surface area contributed by atoms with Crippen molar-refractivity contribution in [1.29, 1.82) is 0 Å². The first kappa shape index (κ1) is 23.1. The van der Waals surface area contributed by atoms with E-state index in [-0.39, 0.29) is 5.60 Å². The maximum Gasteiger partial charge on any atom is 0.230 e. The topological polar surface area (TPSA) is 89.4 Å². The molecule has 0 unspecified atom stereocenters. The Bertz CT molecular complexity index is 1190. The van der Waals surface area contributed by atoms with Crippen LogP contribution in [-0.4, -0.2) is 68.6 Å². The Kier molecular flexibility index (Phi) is 6.16. The molecule has 2 aliphatic heterocycles. The fourth-order valence-electron chi connectivity index (χ4n) is 5.64. The standard InChI is InChI=1S/C25H35N7O2S/c1-25(2)12-19-20(15-34-25)35-23-21(19)22(29-24(30-23)28-17-13-26-31(3)14-17)27-16-4-6-18(7-5-16)32-8-10-33-11-9-32/h13-14,16,18H,4-12,15H2,1-3H3,(H2,27,28,29,30)/t16-,18-. The van der Waals surface area contributed by atoms with E-state index in [2.05, 4.69) is 34.5 Å². The van der Waals surface area contributed by atoms with Gasteiger partial charge < -0.3 is 20.1 Å². The van der Waals surface area contributed by atoms with E-state index in [9.17, 15) is 0 Å². The van der Waals surface area contributed by atoms with E-state index in [1.807, 2.05) is 13.2 Å². The van der Waals surface area contributed by atoms with E-state index in [1.54, 1.807) is 22.2 Å². The van der Waals surface area contributed by atoms with Gasteiger partial charge in [-0.15, -0.1) is 11.3 Å². The fourth-order valence-corrected chi connectivity index (χ4v) is 6.74. The van der Waals surface area contributed by atoms with Crippen LogP contribution >= 0.6 is 11.3 Å². The van der Waals surface area contributed by atoms with E-state index in [0.29, 0.717) is 24.6 Å². The highest BCUT2D eigenvalue weighted by atomic mass is 32.1. The van der Waals surface area contributed by atoms with Gasteiger partial charge in [0.25, 0.3) is 0 Å². The molecule has 3 aliphatic rings. The molecule has 1 saturated heterocycles. The quantitative estimate of drug-likeness (QED) is 0.545. The van der Waals surface area contributed by atoms with E-state index < -0.39 is 0 Å². The molecule has 0 amide bonds. The summed E-state index contributed by atoms with van der Waals surface area (Å²) < 4.78 is 13.4. The molecule has 0 bridgehead atoms. The van der Waals surface area contributed by atoms with Gasteiger partial charge in [-0.3, -0.25) is 9.58 Å². The zero-order valence-electron chi connectivity index (χ0n) is 20.8. The smallest absolute Gasteiger partial charge is 0.230 e. The lowest BCUT2D eigenvalue weighted by molar-refractivity contribution is -0.0379. The molecule has 3 aromatic rings. The lowest BCUT2D eigenvalue weighted by Crippen LogP contribution is -2.46. The number of hydrogen-bond donors (Lipinski definition) is 2. The van der Waals surface area contributed by atoms with Crippen molar-refractivity contribution in [2.45, 2.75) is 70.2 Å². The Balaban J connectivity index is 1.27. The normalized spacial score (nSPS) is 24.9. The molecule has 5 heterocycles. The lowest BCUT2D eigenvalue weighted by atomic mass is 9.89. The number of aromatic nitrogens is 4. The Morgan fingerprint density at radius 1 is 1.11 bits per heavy atom. The predicted octanol–water partition coefficient (Wildman–Crippen LogP) is 4.08. The molecule has 188 valence electrons. The summed E-state index contributed by atoms with van der Waals surface area (Å²) in [6, 6.07) is 1.09. The number of anilines is 3. The summed E-state index contributed by atoms with van der Waals surface area (Å²) in [5.74, 6) is 1.56. The minimum atomic E-state index is -0.179. The molecule has 0 spiro atoms. The van der Waals surface area contributed by atoms with Crippen LogP contribution in [0.15, 0.2) is 12.4 Å². The Labute approximate surface area is 210 Å². The molecule has 6 rings (SSSR count). The van der Waals surface area contributed by atoms with Gasteiger partial charge in [0, 0.05) is 49.7 Å². The third-order valence-corrected chi connectivity index (χ3v) is 8.59. The second-order valence-corrected chi connectivity index (χ2v) is 11.7. The van der Waals surface area contributed by atoms with Crippen molar-refractivity contribution in [2.24, 2.45) is 7.05 Å². The van der Waals surface area contributed by atoms with Gasteiger partial charge in [-0.2, -0.15) is 10.1 Å². The maximum atomic E-state index is 6.11. The molecule has 9 nitrogen and oxygen atoms in total. The van der Waals surface area contributed by atoms with E-state index in [0.717, 1.165) is 61.9 Å². The predicted molar refractivity (Wildman–Crippen MR) is 139 cm³/mol. The molecule has 2 N–H and O–H groups in total. The summed E-state index contributed by atoms with van der Waals surface area (Å²) in [7, 11) is 1.91. The van der Waals surface area contributed by atoms with Crippen molar-refractivity contribution < 1.29 is 9.47 Å². The SMILES string of the molecule is Cn1cc(Nc2nc(N[C@H]3CC[C@H](N4CCOCC4)CC3)c3c4c(sc3n2)COC(C)(C)C4)cn1. The third-order valence-electron chi connectivity index (χ3n) is 7.49. The highest BCUT2D eigenvalue weighted by Gasteiger charge is 2.32. The van der Waals surface area contributed by atoms with Crippen LogP contribution in [0.25, 0.3) is 10.2 Å². The highest BCUT2D eigenvalue weighted by molar-refractivity contribution is 7.19. The van der Waals surface area contributed by atoms with Crippen molar-refractivity contribution in [3.8, 4) is 0 Å². The van der Waals surface area contributed by atoms with Crippen molar-refractivity contribution in [3.05, 3.63) is 22.8 Å². The van der Waals surface area contributed by atoms with Crippen molar-refractivity contribution in [2.75, 3.05) is 36.9 Å². The Hall–Kier alpha value is -2.27. The van der Waals surface area contributed by atoms with Gasteiger partial charge in [0.05, 0.1) is 42.7 Å². The van der Waals surface area contributed by atoms with E-state index in [1.165, 1.54) is 28.7 Å². The van der Waals surface area contributed by atoms with Gasteiger partial charge in [0.1, 0.15) is 10.6 Å². The van der Waals surface area contributed by atoms with E-state index in [4.69, 9.17) is 19.4 Å². The highest BCUT2D eigenvalue weighted by Crippen LogP contribution is 2.42. The Morgan fingerprint density at radius 3 is 2.66 bits per heavy atom. The molecule has 2 fully saturated rings. The zero-order valence-corrected chi connectivity index (χ0v) is 21.7. The molecule has 0 atom stereocenters. The van der Waals surface area contributed by atoms with Crippen molar-refractivity contribution in [3.63, 3.8) is 0 Å². The fraction of sp³-hybridized carbons (Fsp3) is 0.640. The van der Waals surface area contributed by atoms with Crippen molar-refractivity contribution >= 4 is 39.0 Å². The number of ether oxygens (including phenoxy) is 2. The number of fused-ring (bicyclic) bond motifs is 3. The van der Waals surface area contributed by atoms with Crippen LogP contribution in [0.4, 0.5) is 17.5 Å². The molecule has 1 aliphatic carbocycles. The molecular formula is C25H35N7O2S. The minimum absolute atomic E-state index is 0.179. The summed E-state index contributed by atoms with van der Waals surface area (Å²) >= 11 is 1.73. The number of thiophene rings is 1. The third kappa shape index (κ3) is 4.89. The van der Waals surface area contributed by atoms with Gasteiger partial charge in [-0.1, -0.05) is 0 Å². The van der Waals surface area contributed by atoms with Crippen LogP contribution in [0.1, 0.15) is 50.0 Å². The first-order valence-corrected chi connectivity index (χ1v) is 13.6.